The van der Waals surface area contributed by atoms with Crippen molar-refractivity contribution in [3.63, 3.8) is 0 Å². The van der Waals surface area contributed by atoms with E-state index in [1.807, 2.05) is 0 Å². The Balaban J connectivity index is 1.89. The lowest BCUT2D eigenvalue weighted by atomic mass is 10.1. The van der Waals surface area contributed by atoms with Crippen LogP contribution in [0.1, 0.15) is 5.56 Å². The van der Waals surface area contributed by atoms with Gasteiger partial charge in [-0.2, -0.15) is 4.98 Å². The number of nitrogens with one attached hydrogen (secondary N) is 1. The van der Waals surface area contributed by atoms with Gasteiger partial charge in [-0.25, -0.2) is 18.2 Å². The number of aromatic nitrogens is 2. The van der Waals surface area contributed by atoms with Crippen molar-refractivity contribution in [2.75, 3.05) is 16.8 Å². The molecule has 3 aromatic rings. The summed E-state index contributed by atoms with van der Waals surface area (Å²) >= 11 is 5.53. The Morgan fingerprint density at radius 1 is 1.00 bits per heavy atom. The highest BCUT2D eigenvalue weighted by Crippen LogP contribution is 2.26. The topological polar surface area (TPSA) is 89.8 Å². The molecule has 0 aliphatic heterocycles. The zero-order chi connectivity index (χ0) is 17.4. The van der Waals surface area contributed by atoms with E-state index in [-0.39, 0.29) is 23.9 Å². The van der Waals surface area contributed by atoms with Crippen molar-refractivity contribution in [2.24, 2.45) is 0 Å². The average molecular weight is 354 g/mol. The van der Waals surface area contributed by atoms with Crippen LogP contribution in [0.4, 0.5) is 30.6 Å². The molecule has 5 N–H and O–H groups in total. The molecule has 0 spiro atoms. The van der Waals surface area contributed by atoms with E-state index in [0.717, 1.165) is 6.07 Å². The van der Waals surface area contributed by atoms with E-state index < -0.39 is 22.5 Å². The highest BCUT2D eigenvalue weighted by Gasteiger charge is 2.17. The third-order valence-electron chi connectivity index (χ3n) is 3.40. The number of halogens is 4. The molecule has 3 rings (SSSR count). The molecule has 0 bridgehead atoms. The van der Waals surface area contributed by atoms with Gasteiger partial charge in [-0.3, -0.25) is 0 Å². The maximum absolute atomic E-state index is 13.7. The SMILES string of the molecule is Nc1nc(N)c2cc(NCc3cc(Cl)c(F)c(F)c3F)ccc2n1. The van der Waals surface area contributed by atoms with Crippen molar-refractivity contribution in [1.82, 2.24) is 9.97 Å². The van der Waals surface area contributed by atoms with Crippen molar-refractivity contribution >= 4 is 40.0 Å². The smallest absolute Gasteiger partial charge is 0.222 e. The van der Waals surface area contributed by atoms with Crippen molar-refractivity contribution in [3.05, 3.63) is 52.3 Å². The molecule has 2 aromatic carbocycles. The number of rotatable bonds is 3. The number of benzene rings is 2. The minimum absolute atomic E-state index is 0.0548. The van der Waals surface area contributed by atoms with E-state index in [9.17, 15) is 13.2 Å². The third-order valence-corrected chi connectivity index (χ3v) is 3.68. The lowest BCUT2D eigenvalue weighted by Crippen LogP contribution is -2.06. The number of nitrogens with zero attached hydrogens (tertiary/aromatic N) is 2. The summed E-state index contributed by atoms with van der Waals surface area (Å²) in [6.45, 7) is -0.107. The number of nitrogen functional groups attached to an aromatic ring is 2. The Bertz CT molecular complexity index is 948. The van der Waals surface area contributed by atoms with Crippen LogP contribution in [0.2, 0.25) is 5.02 Å². The highest BCUT2D eigenvalue weighted by atomic mass is 35.5. The summed E-state index contributed by atoms with van der Waals surface area (Å²) in [4.78, 5) is 7.89. The van der Waals surface area contributed by atoms with Crippen LogP contribution in [0.5, 0.6) is 0 Å². The summed E-state index contributed by atoms with van der Waals surface area (Å²) in [7, 11) is 0. The first kappa shape index (κ1) is 16.1. The molecular weight excluding hydrogens is 343 g/mol. The predicted molar refractivity (Wildman–Crippen MR) is 87.0 cm³/mol. The van der Waals surface area contributed by atoms with Crippen molar-refractivity contribution in [1.29, 1.82) is 0 Å². The average Bonchev–Trinajstić information content (AvgIpc) is 2.55. The third kappa shape index (κ3) is 2.88. The fourth-order valence-electron chi connectivity index (χ4n) is 2.23. The molecule has 0 amide bonds. The van der Waals surface area contributed by atoms with Gasteiger partial charge in [0.2, 0.25) is 5.95 Å². The van der Waals surface area contributed by atoms with Gasteiger partial charge in [0.15, 0.2) is 17.5 Å². The van der Waals surface area contributed by atoms with Gasteiger partial charge in [0.1, 0.15) is 5.82 Å². The van der Waals surface area contributed by atoms with Crippen LogP contribution in [0.25, 0.3) is 10.9 Å². The fourth-order valence-corrected chi connectivity index (χ4v) is 2.44. The monoisotopic (exact) mass is 353 g/mol. The van der Waals surface area contributed by atoms with E-state index in [4.69, 9.17) is 23.1 Å². The molecule has 0 aliphatic rings. The van der Waals surface area contributed by atoms with Crippen molar-refractivity contribution < 1.29 is 13.2 Å². The second-order valence-corrected chi connectivity index (χ2v) is 5.42. The number of nitrogens with two attached hydrogens (primary N) is 2. The summed E-state index contributed by atoms with van der Waals surface area (Å²) in [5, 5.41) is 2.94. The summed E-state index contributed by atoms with van der Waals surface area (Å²) in [5.74, 6) is -4.06. The lowest BCUT2D eigenvalue weighted by Gasteiger charge is -2.10. The van der Waals surface area contributed by atoms with Crippen LogP contribution in [-0.2, 0) is 6.54 Å². The summed E-state index contributed by atoms with van der Waals surface area (Å²) in [5.41, 5.74) is 12.3. The van der Waals surface area contributed by atoms with Gasteiger partial charge in [-0.1, -0.05) is 11.6 Å². The van der Waals surface area contributed by atoms with Gasteiger partial charge >= 0.3 is 0 Å². The first-order valence-electron chi connectivity index (χ1n) is 6.75. The molecule has 0 unspecified atom stereocenters. The van der Waals surface area contributed by atoms with Gasteiger partial charge in [-0.05, 0) is 24.3 Å². The molecule has 1 aromatic heterocycles. The molecule has 1 heterocycles. The van der Waals surface area contributed by atoms with Gasteiger partial charge in [0.05, 0.1) is 10.5 Å². The van der Waals surface area contributed by atoms with E-state index in [2.05, 4.69) is 15.3 Å². The van der Waals surface area contributed by atoms with Crippen LogP contribution in [0.15, 0.2) is 24.3 Å². The number of hydrogen-bond acceptors (Lipinski definition) is 5. The maximum Gasteiger partial charge on any atom is 0.222 e. The summed E-state index contributed by atoms with van der Waals surface area (Å²) < 4.78 is 40.3. The Hall–Kier alpha value is -2.74. The molecule has 0 atom stereocenters. The van der Waals surface area contributed by atoms with E-state index >= 15 is 0 Å². The highest BCUT2D eigenvalue weighted by molar-refractivity contribution is 6.30. The summed E-state index contributed by atoms with van der Waals surface area (Å²) in [6.07, 6.45) is 0. The predicted octanol–water partition coefficient (Wildman–Crippen LogP) is 3.48. The molecule has 9 heteroatoms. The van der Waals surface area contributed by atoms with Crippen LogP contribution in [-0.4, -0.2) is 9.97 Å². The van der Waals surface area contributed by atoms with Crippen LogP contribution >= 0.6 is 11.6 Å². The first-order chi connectivity index (χ1) is 11.4. The minimum atomic E-state index is -1.61. The molecule has 0 aliphatic carbocycles. The molecule has 0 radical (unpaired) electrons. The second-order valence-electron chi connectivity index (χ2n) is 5.01. The van der Waals surface area contributed by atoms with Gasteiger partial charge in [-0.15, -0.1) is 0 Å². The molecular formula is C15H11ClF3N5. The second kappa shape index (κ2) is 6.04. The van der Waals surface area contributed by atoms with Crippen molar-refractivity contribution in [3.8, 4) is 0 Å². The van der Waals surface area contributed by atoms with Crippen molar-refractivity contribution in [2.45, 2.75) is 6.54 Å². The summed E-state index contributed by atoms with van der Waals surface area (Å²) in [6, 6.07) is 5.99. The minimum Gasteiger partial charge on any atom is -0.383 e. The van der Waals surface area contributed by atoms with Gasteiger partial charge < -0.3 is 16.8 Å². The quantitative estimate of drug-likeness (QED) is 0.495. The van der Waals surface area contributed by atoms with Crippen LogP contribution in [0.3, 0.4) is 0 Å². The Morgan fingerprint density at radius 3 is 2.50 bits per heavy atom. The fraction of sp³-hybridized carbons (Fsp3) is 0.0667. The molecule has 24 heavy (non-hydrogen) atoms. The standard InChI is InChI=1S/C15H11ClF3N5/c16-9-3-6(11(17)13(19)12(9)18)5-22-7-1-2-10-8(4-7)14(20)24-15(21)23-10/h1-4,22H,5H2,(H4,20,21,23,24). The van der Waals surface area contributed by atoms with E-state index in [0.29, 0.717) is 16.6 Å². The van der Waals surface area contributed by atoms with E-state index in [1.54, 1.807) is 18.2 Å². The molecule has 0 saturated carbocycles. The number of fused-ring (bicyclic) bond motifs is 1. The Morgan fingerprint density at radius 2 is 1.75 bits per heavy atom. The molecule has 0 saturated heterocycles. The molecule has 5 nitrogen and oxygen atoms in total. The number of anilines is 3. The van der Waals surface area contributed by atoms with Crippen LogP contribution in [0, 0.1) is 17.5 Å². The van der Waals surface area contributed by atoms with Gasteiger partial charge in [0, 0.05) is 23.2 Å². The number of hydrogen-bond donors (Lipinski definition) is 3. The van der Waals surface area contributed by atoms with Gasteiger partial charge in [0.25, 0.3) is 0 Å². The normalized spacial score (nSPS) is 11.0. The molecule has 124 valence electrons. The Labute approximate surface area is 139 Å². The van der Waals surface area contributed by atoms with Crippen LogP contribution < -0.4 is 16.8 Å². The molecule has 0 fully saturated rings. The zero-order valence-electron chi connectivity index (χ0n) is 12.1. The van der Waals surface area contributed by atoms with E-state index in [1.165, 1.54) is 0 Å². The zero-order valence-corrected chi connectivity index (χ0v) is 12.8. The lowest BCUT2D eigenvalue weighted by molar-refractivity contribution is 0.442. The largest absolute Gasteiger partial charge is 0.383 e. The Kier molecular flexibility index (Phi) is 4.06. The maximum atomic E-state index is 13.7. The first-order valence-corrected chi connectivity index (χ1v) is 7.13.